The van der Waals surface area contributed by atoms with Gasteiger partial charge in [-0.2, -0.15) is 0 Å². The van der Waals surface area contributed by atoms with Crippen molar-refractivity contribution in [3.63, 3.8) is 0 Å². The number of thioether (sulfide) groups is 1. The first-order valence-electron chi connectivity index (χ1n) is 10.2. The Balaban J connectivity index is 0.00000256. The number of ether oxygens (including phenoxy) is 2. The number of carbonyl (C=O) groups excluding carboxylic acids is 1. The number of nitrogens with zero attached hydrogens (tertiary/aromatic N) is 2. The molecule has 0 radical (unpaired) electrons. The Kier molecular flexibility index (Phi) is 7.92. The molecule has 7 heteroatoms. The van der Waals surface area contributed by atoms with Crippen LogP contribution >= 0.6 is 24.2 Å². The highest BCUT2D eigenvalue weighted by molar-refractivity contribution is 8.00. The molecule has 0 aromatic heterocycles. The van der Waals surface area contributed by atoms with E-state index in [0.717, 1.165) is 31.1 Å². The van der Waals surface area contributed by atoms with Crippen LogP contribution in [0.25, 0.3) is 0 Å². The summed E-state index contributed by atoms with van der Waals surface area (Å²) in [5.74, 6) is 0.782. The smallest absolute Gasteiger partial charge is 0.414 e. The molecule has 0 aliphatic carbocycles. The van der Waals surface area contributed by atoms with Crippen molar-refractivity contribution in [2.24, 2.45) is 0 Å². The van der Waals surface area contributed by atoms with E-state index >= 15 is 0 Å². The first kappa shape index (κ1) is 22.8. The van der Waals surface area contributed by atoms with Gasteiger partial charge in [0, 0.05) is 22.4 Å². The molecule has 2 aliphatic rings. The number of halogens is 1. The number of piperidine rings is 1. The van der Waals surface area contributed by atoms with Gasteiger partial charge in [-0.05, 0) is 69.3 Å². The van der Waals surface area contributed by atoms with Gasteiger partial charge in [0.1, 0.15) is 11.9 Å². The van der Waals surface area contributed by atoms with E-state index in [1.165, 1.54) is 23.3 Å². The van der Waals surface area contributed by atoms with Crippen molar-refractivity contribution in [2.75, 3.05) is 38.2 Å². The van der Waals surface area contributed by atoms with Crippen LogP contribution in [-0.4, -0.2) is 55.6 Å². The summed E-state index contributed by atoms with van der Waals surface area (Å²) >= 11 is 1.99. The van der Waals surface area contributed by atoms with E-state index in [-0.39, 0.29) is 24.6 Å². The summed E-state index contributed by atoms with van der Waals surface area (Å²) in [4.78, 5) is 17.8. The maximum atomic E-state index is 12.3. The SMILES string of the molecule is COc1ccc(N2C[C@H](CN3CCC(Sc4ccc(C)cc4)CC3)OC2=O)cc1.Cl. The number of methoxy groups -OCH3 is 1. The number of cyclic esters (lactones) is 1. The van der Waals surface area contributed by atoms with Crippen molar-refractivity contribution in [1.82, 2.24) is 4.90 Å². The molecule has 2 fully saturated rings. The summed E-state index contributed by atoms with van der Waals surface area (Å²) in [6, 6.07) is 16.3. The van der Waals surface area contributed by atoms with E-state index in [4.69, 9.17) is 9.47 Å². The van der Waals surface area contributed by atoms with Crippen molar-refractivity contribution in [2.45, 2.75) is 36.0 Å². The Bertz CT molecular complexity index is 823. The van der Waals surface area contributed by atoms with Gasteiger partial charge in [-0.15, -0.1) is 24.2 Å². The number of aryl methyl sites for hydroxylation is 1. The van der Waals surface area contributed by atoms with Gasteiger partial charge in [-0.25, -0.2) is 4.79 Å². The van der Waals surface area contributed by atoms with Gasteiger partial charge < -0.3 is 9.47 Å². The van der Waals surface area contributed by atoms with E-state index < -0.39 is 0 Å². The number of hydrogen-bond acceptors (Lipinski definition) is 5. The number of anilines is 1. The lowest BCUT2D eigenvalue weighted by Crippen LogP contribution is -2.40. The zero-order chi connectivity index (χ0) is 20.2. The molecule has 1 amide bonds. The molecule has 0 N–H and O–H groups in total. The summed E-state index contributed by atoms with van der Waals surface area (Å²) in [6.45, 7) is 5.64. The van der Waals surface area contributed by atoms with Gasteiger partial charge in [0.15, 0.2) is 0 Å². The average molecular weight is 449 g/mol. The summed E-state index contributed by atoms with van der Waals surface area (Å²) in [5.41, 5.74) is 2.16. The largest absolute Gasteiger partial charge is 0.497 e. The second kappa shape index (κ2) is 10.4. The Hall–Kier alpha value is -1.89. The van der Waals surface area contributed by atoms with Gasteiger partial charge >= 0.3 is 6.09 Å². The zero-order valence-corrected chi connectivity index (χ0v) is 19.1. The fourth-order valence-electron chi connectivity index (χ4n) is 3.90. The van der Waals surface area contributed by atoms with Crippen LogP contribution in [0.2, 0.25) is 0 Å². The van der Waals surface area contributed by atoms with Crippen LogP contribution in [0.5, 0.6) is 5.75 Å². The van der Waals surface area contributed by atoms with Crippen LogP contribution in [0.3, 0.4) is 0 Å². The molecule has 0 bridgehead atoms. The van der Waals surface area contributed by atoms with E-state index in [0.29, 0.717) is 11.8 Å². The first-order chi connectivity index (χ1) is 14.1. The third-order valence-electron chi connectivity index (χ3n) is 5.58. The average Bonchev–Trinajstić information content (AvgIpc) is 3.11. The highest BCUT2D eigenvalue weighted by atomic mass is 35.5. The molecule has 2 heterocycles. The monoisotopic (exact) mass is 448 g/mol. The van der Waals surface area contributed by atoms with E-state index in [2.05, 4.69) is 36.1 Å². The van der Waals surface area contributed by atoms with Crippen LogP contribution in [-0.2, 0) is 4.74 Å². The predicted octanol–water partition coefficient (Wildman–Crippen LogP) is 5.01. The van der Waals surface area contributed by atoms with Crippen molar-refractivity contribution in [3.8, 4) is 5.75 Å². The standard InChI is InChI=1S/C23H28N2O3S.ClH/c1-17-3-9-21(10-4-17)29-22-11-13-24(14-12-22)15-20-16-25(23(26)28-20)18-5-7-19(27-2)8-6-18;/h3-10,20,22H,11-16H2,1-2H3;1H/t20-;/m0./s1. The fourth-order valence-corrected chi connectivity index (χ4v) is 5.02. The third-order valence-corrected chi connectivity index (χ3v) is 6.93. The second-order valence-corrected chi connectivity index (χ2v) is 9.12. The second-order valence-electron chi connectivity index (χ2n) is 7.75. The summed E-state index contributed by atoms with van der Waals surface area (Å²) < 4.78 is 10.8. The molecule has 30 heavy (non-hydrogen) atoms. The molecule has 2 aromatic rings. The third kappa shape index (κ3) is 5.62. The van der Waals surface area contributed by atoms with Gasteiger partial charge in [0.25, 0.3) is 0 Å². The van der Waals surface area contributed by atoms with Gasteiger partial charge in [-0.3, -0.25) is 9.80 Å². The Morgan fingerprint density at radius 3 is 2.37 bits per heavy atom. The number of amides is 1. The summed E-state index contributed by atoms with van der Waals surface area (Å²) in [5, 5.41) is 0.663. The maximum absolute atomic E-state index is 12.3. The van der Waals surface area contributed by atoms with E-state index in [1.807, 2.05) is 36.0 Å². The molecular formula is C23H29ClN2O3S. The molecule has 1 atom stereocenters. The number of rotatable bonds is 6. The molecule has 2 aromatic carbocycles. The minimum Gasteiger partial charge on any atom is -0.497 e. The van der Waals surface area contributed by atoms with Crippen LogP contribution in [0.4, 0.5) is 10.5 Å². The number of hydrogen-bond donors (Lipinski definition) is 0. The zero-order valence-electron chi connectivity index (χ0n) is 17.5. The highest BCUT2D eigenvalue weighted by Crippen LogP contribution is 2.31. The van der Waals surface area contributed by atoms with Crippen molar-refractivity contribution in [1.29, 1.82) is 0 Å². The number of carbonyl (C=O) groups is 1. The normalized spacial score (nSPS) is 20.0. The minimum atomic E-state index is -0.259. The summed E-state index contributed by atoms with van der Waals surface area (Å²) in [6.07, 6.45) is 2.00. The topological polar surface area (TPSA) is 42.0 Å². The Morgan fingerprint density at radius 2 is 1.73 bits per heavy atom. The molecule has 0 spiro atoms. The molecule has 162 valence electrons. The molecule has 2 aliphatic heterocycles. The van der Waals surface area contributed by atoms with Crippen LogP contribution in [0, 0.1) is 6.92 Å². The lowest BCUT2D eigenvalue weighted by Gasteiger charge is -2.32. The predicted molar refractivity (Wildman–Crippen MR) is 124 cm³/mol. The highest BCUT2D eigenvalue weighted by Gasteiger charge is 2.34. The number of likely N-dealkylation sites (tertiary alicyclic amines) is 1. The molecule has 5 nitrogen and oxygen atoms in total. The van der Waals surface area contributed by atoms with Crippen molar-refractivity contribution in [3.05, 3.63) is 54.1 Å². The van der Waals surface area contributed by atoms with Crippen molar-refractivity contribution >= 4 is 35.9 Å². The van der Waals surface area contributed by atoms with E-state index in [9.17, 15) is 4.79 Å². The molecular weight excluding hydrogens is 420 g/mol. The van der Waals surface area contributed by atoms with Crippen LogP contribution < -0.4 is 9.64 Å². The fraction of sp³-hybridized carbons (Fsp3) is 0.435. The number of benzene rings is 2. The molecule has 2 saturated heterocycles. The van der Waals surface area contributed by atoms with Gasteiger partial charge in [-0.1, -0.05) is 17.7 Å². The lowest BCUT2D eigenvalue weighted by molar-refractivity contribution is 0.101. The molecule has 0 unspecified atom stereocenters. The quantitative estimate of drug-likeness (QED) is 0.621. The van der Waals surface area contributed by atoms with Gasteiger partial charge in [0.2, 0.25) is 0 Å². The Labute approximate surface area is 189 Å². The maximum Gasteiger partial charge on any atom is 0.414 e. The summed E-state index contributed by atoms with van der Waals surface area (Å²) in [7, 11) is 1.64. The lowest BCUT2D eigenvalue weighted by atomic mass is 10.1. The van der Waals surface area contributed by atoms with Crippen LogP contribution in [0.1, 0.15) is 18.4 Å². The van der Waals surface area contributed by atoms with E-state index in [1.54, 1.807) is 12.0 Å². The molecule has 4 rings (SSSR count). The Morgan fingerprint density at radius 1 is 1.07 bits per heavy atom. The van der Waals surface area contributed by atoms with Crippen LogP contribution in [0.15, 0.2) is 53.4 Å². The van der Waals surface area contributed by atoms with Gasteiger partial charge in [0.05, 0.1) is 13.7 Å². The molecule has 0 saturated carbocycles. The first-order valence-corrected chi connectivity index (χ1v) is 11.1. The minimum absolute atomic E-state index is 0. The van der Waals surface area contributed by atoms with Crippen molar-refractivity contribution < 1.29 is 14.3 Å².